The van der Waals surface area contributed by atoms with E-state index in [2.05, 4.69) is 4.74 Å². The molecular weight excluding hydrogens is 250 g/mol. The molecule has 0 bridgehead atoms. The van der Waals surface area contributed by atoms with Crippen molar-refractivity contribution in [3.8, 4) is 11.5 Å². The van der Waals surface area contributed by atoms with E-state index < -0.39 is 11.5 Å². The molecule has 1 rings (SSSR count). The normalized spacial score (nSPS) is 10.5. The van der Waals surface area contributed by atoms with Gasteiger partial charge in [0.1, 0.15) is 0 Å². The van der Waals surface area contributed by atoms with Crippen LogP contribution in [0.5, 0.6) is 11.5 Å². The van der Waals surface area contributed by atoms with Crippen molar-refractivity contribution in [2.45, 2.75) is 13.0 Å². The number of nitro benzene ring substituents is 1. The van der Waals surface area contributed by atoms with Gasteiger partial charge in [-0.25, -0.2) is 0 Å². The molecule has 0 aliphatic carbocycles. The van der Waals surface area contributed by atoms with Gasteiger partial charge in [0.05, 0.1) is 18.1 Å². The number of benzene rings is 1. The topological polar surface area (TPSA) is 87.6 Å². The second kappa shape index (κ2) is 6.10. The zero-order valence-electron chi connectivity index (χ0n) is 9.56. The Morgan fingerprint density at radius 1 is 1.50 bits per heavy atom. The highest BCUT2D eigenvalue weighted by atomic mass is 19.3. The number of nitro groups is 1. The van der Waals surface area contributed by atoms with Crippen LogP contribution in [0.15, 0.2) is 12.1 Å². The van der Waals surface area contributed by atoms with Crippen molar-refractivity contribution in [1.82, 2.24) is 0 Å². The number of halogens is 2. The highest BCUT2D eigenvalue weighted by Gasteiger charge is 2.20. The van der Waals surface area contributed by atoms with E-state index in [0.29, 0.717) is 0 Å². The molecule has 0 spiro atoms. The van der Waals surface area contributed by atoms with Crippen molar-refractivity contribution in [1.29, 1.82) is 0 Å². The monoisotopic (exact) mass is 262 g/mol. The van der Waals surface area contributed by atoms with Crippen LogP contribution in [0.2, 0.25) is 0 Å². The lowest BCUT2D eigenvalue weighted by Gasteiger charge is -2.13. The standard InChI is InChI=1S/C10H12F2N2O4/c1-17-8-5-7(14(15)16)4-6(2-3-13)9(8)18-10(11)12/h4-5,10H,2-3,13H2,1H3. The van der Waals surface area contributed by atoms with Crippen LogP contribution in [-0.4, -0.2) is 25.2 Å². The van der Waals surface area contributed by atoms with Gasteiger partial charge in [-0.1, -0.05) is 0 Å². The van der Waals surface area contributed by atoms with Gasteiger partial charge in [0, 0.05) is 11.6 Å². The molecule has 0 unspecified atom stereocenters. The Morgan fingerprint density at radius 2 is 2.17 bits per heavy atom. The van der Waals surface area contributed by atoms with Crippen LogP contribution in [0.25, 0.3) is 0 Å². The summed E-state index contributed by atoms with van der Waals surface area (Å²) in [4.78, 5) is 10.0. The number of rotatable bonds is 6. The van der Waals surface area contributed by atoms with Crippen LogP contribution in [0.3, 0.4) is 0 Å². The van der Waals surface area contributed by atoms with E-state index >= 15 is 0 Å². The maximum absolute atomic E-state index is 12.3. The molecule has 0 heterocycles. The first-order chi connectivity index (χ1) is 8.49. The predicted molar refractivity (Wildman–Crippen MR) is 59.0 cm³/mol. The molecule has 0 aromatic heterocycles. The fourth-order valence-corrected chi connectivity index (χ4v) is 1.46. The third-order valence-corrected chi connectivity index (χ3v) is 2.17. The summed E-state index contributed by atoms with van der Waals surface area (Å²) in [6.07, 6.45) is 0.167. The summed E-state index contributed by atoms with van der Waals surface area (Å²) in [5.74, 6) is -0.337. The minimum Gasteiger partial charge on any atom is -0.493 e. The lowest BCUT2D eigenvalue weighted by Crippen LogP contribution is -2.10. The largest absolute Gasteiger partial charge is 0.493 e. The number of methoxy groups -OCH3 is 1. The smallest absolute Gasteiger partial charge is 0.387 e. The molecule has 6 nitrogen and oxygen atoms in total. The number of nitrogens with zero attached hydrogens (tertiary/aromatic N) is 1. The fourth-order valence-electron chi connectivity index (χ4n) is 1.46. The number of non-ortho nitro benzene ring substituents is 1. The van der Waals surface area contributed by atoms with E-state index in [0.717, 1.165) is 12.1 Å². The minimum absolute atomic E-state index is 0.118. The summed E-state index contributed by atoms with van der Waals surface area (Å²) in [7, 11) is 1.21. The molecule has 8 heteroatoms. The number of alkyl halides is 2. The van der Waals surface area contributed by atoms with Gasteiger partial charge in [0.2, 0.25) is 0 Å². The van der Waals surface area contributed by atoms with Crippen molar-refractivity contribution in [3.63, 3.8) is 0 Å². The van der Waals surface area contributed by atoms with E-state index in [9.17, 15) is 18.9 Å². The average molecular weight is 262 g/mol. The number of ether oxygens (including phenoxy) is 2. The quantitative estimate of drug-likeness (QED) is 0.622. The van der Waals surface area contributed by atoms with Gasteiger partial charge in [-0.15, -0.1) is 0 Å². The van der Waals surface area contributed by atoms with E-state index in [1.807, 2.05) is 0 Å². The van der Waals surface area contributed by atoms with Crippen molar-refractivity contribution >= 4 is 5.69 Å². The number of hydrogen-bond donors (Lipinski definition) is 1. The van der Waals surface area contributed by atoms with Gasteiger partial charge in [-0.05, 0) is 13.0 Å². The second-order valence-corrected chi connectivity index (χ2v) is 3.31. The van der Waals surface area contributed by atoms with E-state index in [1.165, 1.54) is 7.11 Å². The molecule has 2 N–H and O–H groups in total. The van der Waals surface area contributed by atoms with Gasteiger partial charge in [0.25, 0.3) is 5.69 Å². The Balaban J connectivity index is 3.30. The first-order valence-corrected chi connectivity index (χ1v) is 4.99. The molecular formula is C10H12F2N2O4. The lowest BCUT2D eigenvalue weighted by atomic mass is 10.1. The number of hydrogen-bond acceptors (Lipinski definition) is 5. The van der Waals surface area contributed by atoms with Crippen LogP contribution < -0.4 is 15.2 Å². The molecule has 0 fully saturated rings. The molecule has 0 amide bonds. The summed E-state index contributed by atoms with van der Waals surface area (Å²) in [5.41, 5.74) is 5.27. The van der Waals surface area contributed by atoms with Crippen molar-refractivity contribution in [2.24, 2.45) is 5.73 Å². The zero-order valence-corrected chi connectivity index (χ0v) is 9.56. The summed E-state index contributed by atoms with van der Waals surface area (Å²) >= 11 is 0. The van der Waals surface area contributed by atoms with Crippen LogP contribution in [0.1, 0.15) is 5.56 Å². The molecule has 0 saturated carbocycles. The summed E-state index contributed by atoms with van der Waals surface area (Å²) in [5, 5.41) is 10.7. The van der Waals surface area contributed by atoms with Crippen LogP contribution in [0.4, 0.5) is 14.5 Å². The maximum atomic E-state index is 12.3. The van der Waals surface area contributed by atoms with E-state index in [-0.39, 0.29) is 35.7 Å². The fraction of sp³-hybridized carbons (Fsp3) is 0.400. The van der Waals surface area contributed by atoms with Crippen LogP contribution in [-0.2, 0) is 6.42 Å². The number of nitrogens with two attached hydrogens (primary N) is 1. The SMILES string of the molecule is COc1cc([N+](=O)[O-])cc(CCN)c1OC(F)F. The second-order valence-electron chi connectivity index (χ2n) is 3.31. The Kier molecular flexibility index (Phi) is 4.78. The van der Waals surface area contributed by atoms with Gasteiger partial charge in [-0.3, -0.25) is 10.1 Å². The Morgan fingerprint density at radius 3 is 2.61 bits per heavy atom. The molecule has 18 heavy (non-hydrogen) atoms. The Hall–Kier alpha value is -1.96. The first kappa shape index (κ1) is 14.1. The highest BCUT2D eigenvalue weighted by molar-refractivity contribution is 5.54. The molecule has 0 atom stereocenters. The van der Waals surface area contributed by atoms with Crippen molar-refractivity contribution in [3.05, 3.63) is 27.8 Å². The van der Waals surface area contributed by atoms with Crippen LogP contribution >= 0.6 is 0 Å². The van der Waals surface area contributed by atoms with Crippen molar-refractivity contribution < 1.29 is 23.2 Å². The summed E-state index contributed by atoms with van der Waals surface area (Å²) in [6, 6.07) is 2.17. The molecule has 0 saturated heterocycles. The molecule has 0 aliphatic heterocycles. The molecule has 0 radical (unpaired) electrons. The highest BCUT2D eigenvalue weighted by Crippen LogP contribution is 2.36. The van der Waals surface area contributed by atoms with Gasteiger partial charge >= 0.3 is 6.61 Å². The molecule has 1 aromatic rings. The molecule has 1 aromatic carbocycles. The third-order valence-electron chi connectivity index (χ3n) is 2.17. The summed E-state index contributed by atoms with van der Waals surface area (Å²) < 4.78 is 33.7. The Bertz CT molecular complexity index is 440. The predicted octanol–water partition coefficient (Wildman–Crippen LogP) is 1.71. The van der Waals surface area contributed by atoms with E-state index in [4.69, 9.17) is 10.5 Å². The van der Waals surface area contributed by atoms with Gasteiger partial charge in [-0.2, -0.15) is 8.78 Å². The average Bonchev–Trinajstić information content (AvgIpc) is 2.30. The van der Waals surface area contributed by atoms with E-state index in [1.54, 1.807) is 0 Å². The first-order valence-electron chi connectivity index (χ1n) is 4.99. The van der Waals surface area contributed by atoms with Crippen molar-refractivity contribution in [2.75, 3.05) is 13.7 Å². The van der Waals surface area contributed by atoms with Gasteiger partial charge in [0.15, 0.2) is 11.5 Å². The zero-order chi connectivity index (χ0) is 13.7. The molecule has 100 valence electrons. The van der Waals surface area contributed by atoms with Crippen LogP contribution in [0, 0.1) is 10.1 Å². The summed E-state index contributed by atoms with van der Waals surface area (Å²) in [6.45, 7) is -2.90. The minimum atomic E-state index is -3.04. The molecule has 0 aliphatic rings. The van der Waals surface area contributed by atoms with Gasteiger partial charge < -0.3 is 15.2 Å². The Labute approximate surface area is 101 Å². The maximum Gasteiger partial charge on any atom is 0.387 e. The lowest BCUT2D eigenvalue weighted by molar-refractivity contribution is -0.385. The third kappa shape index (κ3) is 3.27.